The Balaban J connectivity index is 2.05. The third-order valence-electron chi connectivity index (χ3n) is 2.60. The molecule has 0 saturated carbocycles. The molecule has 0 aliphatic heterocycles. The van der Waals surface area contributed by atoms with Crippen molar-refractivity contribution in [3.63, 3.8) is 0 Å². The van der Waals surface area contributed by atoms with Crippen molar-refractivity contribution in [3.05, 3.63) is 30.3 Å². The van der Waals surface area contributed by atoms with Crippen molar-refractivity contribution in [2.24, 2.45) is 11.7 Å². The number of carbonyl (C=O) groups is 1. The minimum absolute atomic E-state index is 0.188. The second kappa shape index (κ2) is 8.53. The van der Waals surface area contributed by atoms with Crippen LogP contribution < -0.4 is 10.5 Å². The summed E-state index contributed by atoms with van der Waals surface area (Å²) in [6, 6.07) is 9.45. The van der Waals surface area contributed by atoms with E-state index in [0.717, 1.165) is 12.2 Å². The second-order valence-electron chi connectivity index (χ2n) is 4.26. The van der Waals surface area contributed by atoms with Crippen molar-refractivity contribution in [2.75, 3.05) is 19.8 Å². The van der Waals surface area contributed by atoms with Gasteiger partial charge in [-0.15, -0.1) is 0 Å². The highest BCUT2D eigenvalue weighted by Gasteiger charge is 2.06. The van der Waals surface area contributed by atoms with Crippen LogP contribution >= 0.6 is 0 Å². The van der Waals surface area contributed by atoms with Gasteiger partial charge in [0, 0.05) is 6.42 Å². The van der Waals surface area contributed by atoms with Gasteiger partial charge in [-0.25, -0.2) is 0 Å². The molecule has 1 aromatic carbocycles. The van der Waals surface area contributed by atoms with Crippen LogP contribution in [0.2, 0.25) is 0 Å². The second-order valence-corrected chi connectivity index (χ2v) is 4.26. The Morgan fingerprint density at radius 3 is 2.67 bits per heavy atom. The molecule has 1 rings (SSSR count). The number of nitrogens with two attached hydrogens (primary N) is 1. The summed E-state index contributed by atoms with van der Waals surface area (Å²) in [5.41, 5.74) is 5.47. The van der Waals surface area contributed by atoms with Gasteiger partial charge < -0.3 is 15.2 Å². The van der Waals surface area contributed by atoms with Crippen LogP contribution in [-0.4, -0.2) is 25.7 Å². The van der Waals surface area contributed by atoms with Gasteiger partial charge in [-0.2, -0.15) is 0 Å². The molecular formula is C14H21NO3. The lowest BCUT2D eigenvalue weighted by atomic mass is 10.1. The Bertz CT molecular complexity index is 340. The molecule has 4 heteroatoms. The van der Waals surface area contributed by atoms with Crippen LogP contribution in [0.25, 0.3) is 0 Å². The van der Waals surface area contributed by atoms with Crippen LogP contribution in [0.15, 0.2) is 30.3 Å². The molecule has 1 unspecified atom stereocenters. The molecule has 0 aromatic heterocycles. The minimum Gasteiger partial charge on any atom is -0.490 e. The van der Waals surface area contributed by atoms with E-state index >= 15 is 0 Å². The van der Waals surface area contributed by atoms with Gasteiger partial charge in [0.1, 0.15) is 19.0 Å². The molecule has 2 N–H and O–H groups in total. The summed E-state index contributed by atoms with van der Waals surface area (Å²) in [6.45, 7) is 3.28. The van der Waals surface area contributed by atoms with Gasteiger partial charge in [0.2, 0.25) is 0 Å². The number of benzene rings is 1. The summed E-state index contributed by atoms with van der Waals surface area (Å²) >= 11 is 0. The van der Waals surface area contributed by atoms with Crippen LogP contribution in [0.1, 0.15) is 19.8 Å². The zero-order valence-corrected chi connectivity index (χ0v) is 10.8. The van der Waals surface area contributed by atoms with Gasteiger partial charge in [-0.05, 0) is 31.0 Å². The molecule has 0 heterocycles. The van der Waals surface area contributed by atoms with Crippen LogP contribution in [0.3, 0.4) is 0 Å². The molecule has 4 nitrogen and oxygen atoms in total. The average Bonchev–Trinajstić information content (AvgIpc) is 2.42. The largest absolute Gasteiger partial charge is 0.490 e. The molecule has 1 aromatic rings. The summed E-state index contributed by atoms with van der Waals surface area (Å²) in [6.07, 6.45) is 1.19. The first-order valence-electron chi connectivity index (χ1n) is 6.26. The molecule has 0 aliphatic rings. The smallest absolute Gasteiger partial charge is 0.305 e. The molecule has 0 aliphatic carbocycles. The van der Waals surface area contributed by atoms with Crippen LogP contribution in [0.5, 0.6) is 5.75 Å². The molecule has 100 valence electrons. The van der Waals surface area contributed by atoms with Crippen molar-refractivity contribution in [2.45, 2.75) is 19.8 Å². The fraction of sp³-hybridized carbons (Fsp3) is 0.500. The van der Waals surface area contributed by atoms with E-state index in [1.807, 2.05) is 37.3 Å². The van der Waals surface area contributed by atoms with Gasteiger partial charge in [-0.3, -0.25) is 4.79 Å². The SMILES string of the molecule is CC(CN)CCC(=O)OCCOc1ccccc1. The topological polar surface area (TPSA) is 61.6 Å². The molecule has 0 fully saturated rings. The van der Waals surface area contributed by atoms with Gasteiger partial charge >= 0.3 is 5.97 Å². The summed E-state index contributed by atoms with van der Waals surface area (Å²) in [4.78, 5) is 11.4. The van der Waals surface area contributed by atoms with E-state index < -0.39 is 0 Å². The third kappa shape index (κ3) is 6.25. The van der Waals surface area contributed by atoms with Crippen LogP contribution in [0.4, 0.5) is 0 Å². The Morgan fingerprint density at radius 2 is 2.00 bits per heavy atom. The number of hydrogen-bond acceptors (Lipinski definition) is 4. The summed E-state index contributed by atoms with van der Waals surface area (Å²) < 4.78 is 10.5. The Hall–Kier alpha value is -1.55. The van der Waals surface area contributed by atoms with Gasteiger partial charge in [0.25, 0.3) is 0 Å². The molecule has 18 heavy (non-hydrogen) atoms. The summed E-state index contributed by atoms with van der Waals surface area (Å²) in [7, 11) is 0. The molecule has 0 bridgehead atoms. The monoisotopic (exact) mass is 251 g/mol. The molecule has 0 spiro atoms. The van der Waals surface area contributed by atoms with Crippen molar-refractivity contribution in [1.82, 2.24) is 0 Å². The maximum Gasteiger partial charge on any atom is 0.305 e. The normalized spacial score (nSPS) is 11.9. The third-order valence-corrected chi connectivity index (χ3v) is 2.60. The maximum absolute atomic E-state index is 11.4. The van der Waals surface area contributed by atoms with Gasteiger partial charge in [0.05, 0.1) is 0 Å². The van der Waals surface area contributed by atoms with Crippen molar-refractivity contribution < 1.29 is 14.3 Å². The molecule has 0 saturated heterocycles. The lowest BCUT2D eigenvalue weighted by molar-refractivity contribution is -0.144. The van der Waals surface area contributed by atoms with E-state index in [0.29, 0.717) is 25.5 Å². The lowest BCUT2D eigenvalue weighted by Gasteiger charge is -2.09. The van der Waals surface area contributed by atoms with E-state index in [2.05, 4.69) is 0 Å². The molecule has 0 amide bonds. The highest BCUT2D eigenvalue weighted by atomic mass is 16.6. The van der Waals surface area contributed by atoms with Gasteiger partial charge in [-0.1, -0.05) is 25.1 Å². The van der Waals surface area contributed by atoms with Crippen molar-refractivity contribution >= 4 is 5.97 Å². The lowest BCUT2D eigenvalue weighted by Crippen LogP contribution is -2.15. The number of esters is 1. The van der Waals surface area contributed by atoms with E-state index in [9.17, 15) is 4.79 Å². The first kappa shape index (κ1) is 14.5. The predicted molar refractivity (Wildman–Crippen MR) is 70.3 cm³/mol. The minimum atomic E-state index is -0.188. The Morgan fingerprint density at radius 1 is 1.28 bits per heavy atom. The van der Waals surface area contributed by atoms with E-state index in [4.69, 9.17) is 15.2 Å². The van der Waals surface area contributed by atoms with E-state index in [1.54, 1.807) is 0 Å². The molecule has 1 atom stereocenters. The fourth-order valence-electron chi connectivity index (χ4n) is 1.39. The van der Waals surface area contributed by atoms with Crippen molar-refractivity contribution in [1.29, 1.82) is 0 Å². The van der Waals surface area contributed by atoms with Crippen molar-refractivity contribution in [3.8, 4) is 5.75 Å². The standard InChI is InChI=1S/C14H21NO3/c1-12(11-15)7-8-14(16)18-10-9-17-13-5-3-2-4-6-13/h2-6,12H,7-11,15H2,1H3. The fourth-order valence-corrected chi connectivity index (χ4v) is 1.39. The Labute approximate surface area is 108 Å². The predicted octanol–water partition coefficient (Wildman–Crippen LogP) is 1.98. The number of hydrogen-bond donors (Lipinski definition) is 1. The molecule has 0 radical (unpaired) electrons. The number of rotatable bonds is 8. The Kier molecular flexibility index (Phi) is 6.87. The highest BCUT2D eigenvalue weighted by molar-refractivity contribution is 5.69. The summed E-state index contributed by atoms with van der Waals surface area (Å²) in [5, 5.41) is 0. The first-order chi connectivity index (χ1) is 8.72. The van der Waals surface area contributed by atoms with Crippen LogP contribution in [-0.2, 0) is 9.53 Å². The van der Waals surface area contributed by atoms with E-state index in [1.165, 1.54) is 0 Å². The average molecular weight is 251 g/mol. The van der Waals surface area contributed by atoms with Gasteiger partial charge in [0.15, 0.2) is 0 Å². The quantitative estimate of drug-likeness (QED) is 0.567. The molecular weight excluding hydrogens is 230 g/mol. The summed E-state index contributed by atoms with van der Waals surface area (Å²) in [5.74, 6) is 0.954. The number of carbonyl (C=O) groups excluding carboxylic acids is 1. The number of para-hydroxylation sites is 1. The van der Waals surface area contributed by atoms with Crippen LogP contribution in [0, 0.1) is 5.92 Å². The zero-order chi connectivity index (χ0) is 13.2. The zero-order valence-electron chi connectivity index (χ0n) is 10.8. The highest BCUT2D eigenvalue weighted by Crippen LogP contribution is 2.08. The maximum atomic E-state index is 11.4. The van der Waals surface area contributed by atoms with E-state index in [-0.39, 0.29) is 12.6 Å². The number of ether oxygens (including phenoxy) is 2. The first-order valence-corrected chi connectivity index (χ1v) is 6.26.